The van der Waals surface area contributed by atoms with E-state index < -0.39 is 0 Å². The van der Waals surface area contributed by atoms with Crippen molar-refractivity contribution in [2.45, 2.75) is 26.5 Å². The third-order valence-corrected chi connectivity index (χ3v) is 5.65. The molecule has 0 radical (unpaired) electrons. The molecule has 0 spiro atoms. The van der Waals surface area contributed by atoms with E-state index in [9.17, 15) is 4.39 Å². The van der Waals surface area contributed by atoms with Crippen LogP contribution in [-0.4, -0.2) is 61.8 Å². The number of hydrogen-bond acceptors (Lipinski definition) is 4. The molecule has 1 fully saturated rings. The highest BCUT2D eigenvalue weighted by Gasteiger charge is 2.20. The van der Waals surface area contributed by atoms with Crippen molar-refractivity contribution in [2.24, 2.45) is 4.99 Å². The van der Waals surface area contributed by atoms with Gasteiger partial charge in [-0.15, -0.1) is 0 Å². The van der Waals surface area contributed by atoms with Crippen LogP contribution in [0.15, 0.2) is 47.5 Å². The lowest BCUT2D eigenvalue weighted by Crippen LogP contribution is -2.52. The predicted molar refractivity (Wildman–Crippen MR) is 120 cm³/mol. The van der Waals surface area contributed by atoms with Crippen LogP contribution in [0, 0.1) is 5.82 Å². The first-order chi connectivity index (χ1) is 15.2. The minimum Gasteiger partial charge on any atom is -0.467 e. The minimum absolute atomic E-state index is 0.213. The van der Waals surface area contributed by atoms with E-state index in [4.69, 9.17) is 14.5 Å². The van der Waals surface area contributed by atoms with Gasteiger partial charge in [-0.3, -0.25) is 9.89 Å². The van der Waals surface area contributed by atoms with Crippen molar-refractivity contribution in [3.05, 3.63) is 65.0 Å². The summed E-state index contributed by atoms with van der Waals surface area (Å²) in [5.41, 5.74) is 2.97. The smallest absolute Gasteiger partial charge is 0.194 e. The molecule has 31 heavy (non-hydrogen) atoms. The van der Waals surface area contributed by atoms with Crippen molar-refractivity contribution in [2.75, 3.05) is 46.1 Å². The molecule has 1 N–H and O–H groups in total. The fourth-order valence-corrected chi connectivity index (χ4v) is 4.11. The number of nitrogens with one attached hydrogen (secondary N) is 1. The van der Waals surface area contributed by atoms with Gasteiger partial charge in [0.25, 0.3) is 0 Å². The highest BCUT2D eigenvalue weighted by molar-refractivity contribution is 5.80. The summed E-state index contributed by atoms with van der Waals surface area (Å²) in [6.45, 7) is 8.95. The number of fused-ring (bicyclic) bond motifs is 1. The highest BCUT2D eigenvalue weighted by Crippen LogP contribution is 2.29. The van der Waals surface area contributed by atoms with Crippen LogP contribution in [0.1, 0.15) is 23.6 Å². The van der Waals surface area contributed by atoms with E-state index in [-0.39, 0.29) is 12.6 Å². The first-order valence-corrected chi connectivity index (χ1v) is 11.0. The van der Waals surface area contributed by atoms with Gasteiger partial charge in [-0.05, 0) is 36.6 Å². The van der Waals surface area contributed by atoms with E-state index in [0.29, 0.717) is 19.6 Å². The van der Waals surface area contributed by atoms with E-state index in [0.717, 1.165) is 62.1 Å². The highest BCUT2D eigenvalue weighted by atomic mass is 19.1. The van der Waals surface area contributed by atoms with Gasteiger partial charge in [0.05, 0.1) is 6.61 Å². The van der Waals surface area contributed by atoms with Crippen LogP contribution in [0.3, 0.4) is 0 Å². The van der Waals surface area contributed by atoms with Crippen LogP contribution in [0.25, 0.3) is 0 Å². The number of benzene rings is 2. The zero-order chi connectivity index (χ0) is 21.5. The Morgan fingerprint density at radius 3 is 2.71 bits per heavy atom. The van der Waals surface area contributed by atoms with Crippen LogP contribution in [0.2, 0.25) is 0 Å². The summed E-state index contributed by atoms with van der Waals surface area (Å²) in [4.78, 5) is 9.62. The van der Waals surface area contributed by atoms with Crippen molar-refractivity contribution >= 4 is 5.96 Å². The van der Waals surface area contributed by atoms with E-state index in [2.05, 4.69) is 52.4 Å². The average molecular weight is 427 g/mol. The van der Waals surface area contributed by atoms with Gasteiger partial charge in [0, 0.05) is 51.4 Å². The molecule has 7 heteroatoms. The molecule has 2 aromatic rings. The lowest BCUT2D eigenvalue weighted by Gasteiger charge is -2.36. The SMILES string of the molecule is CCNC(=NCCc1cc(F)cc2c1OCOC2)N1CCN(Cc2ccccc2)CC1. The third-order valence-electron chi connectivity index (χ3n) is 5.65. The average Bonchev–Trinajstić information content (AvgIpc) is 2.79. The molecule has 166 valence electrons. The third kappa shape index (κ3) is 5.74. The summed E-state index contributed by atoms with van der Waals surface area (Å²) >= 11 is 0. The van der Waals surface area contributed by atoms with Gasteiger partial charge < -0.3 is 19.7 Å². The maximum Gasteiger partial charge on any atom is 0.194 e. The summed E-state index contributed by atoms with van der Waals surface area (Å²) in [5.74, 6) is 1.42. The van der Waals surface area contributed by atoms with Crippen molar-refractivity contribution < 1.29 is 13.9 Å². The number of piperazine rings is 1. The molecular formula is C24H31FN4O2. The molecule has 4 rings (SSSR count). The summed E-state index contributed by atoms with van der Waals surface area (Å²) < 4.78 is 24.9. The Kier molecular flexibility index (Phi) is 7.38. The molecule has 0 atom stereocenters. The van der Waals surface area contributed by atoms with Crippen molar-refractivity contribution in [1.82, 2.24) is 15.1 Å². The molecule has 2 aliphatic heterocycles. The number of aliphatic imine (C=N–C) groups is 1. The first-order valence-electron chi connectivity index (χ1n) is 11.0. The molecule has 0 aromatic heterocycles. The maximum atomic E-state index is 14.0. The van der Waals surface area contributed by atoms with Crippen LogP contribution in [0.5, 0.6) is 5.75 Å². The lowest BCUT2D eigenvalue weighted by molar-refractivity contribution is -0.0172. The molecule has 0 unspecified atom stereocenters. The zero-order valence-electron chi connectivity index (χ0n) is 18.1. The van der Waals surface area contributed by atoms with Gasteiger partial charge in [0.1, 0.15) is 11.6 Å². The van der Waals surface area contributed by atoms with E-state index in [1.165, 1.54) is 11.6 Å². The monoisotopic (exact) mass is 426 g/mol. The Labute approximate surface area is 183 Å². The topological polar surface area (TPSA) is 49.3 Å². The molecule has 1 saturated heterocycles. The Bertz CT molecular complexity index is 883. The Morgan fingerprint density at radius 2 is 1.94 bits per heavy atom. The Hall–Kier alpha value is -2.64. The number of rotatable bonds is 6. The van der Waals surface area contributed by atoms with Gasteiger partial charge in [0.2, 0.25) is 0 Å². The first kappa shape index (κ1) is 21.6. The van der Waals surface area contributed by atoms with Crippen LogP contribution in [0.4, 0.5) is 4.39 Å². The largest absolute Gasteiger partial charge is 0.467 e. The molecular weight excluding hydrogens is 395 g/mol. The minimum atomic E-state index is -0.256. The second-order valence-corrected chi connectivity index (χ2v) is 7.90. The van der Waals surface area contributed by atoms with Gasteiger partial charge in [-0.2, -0.15) is 0 Å². The molecule has 2 heterocycles. The molecule has 0 saturated carbocycles. The fourth-order valence-electron chi connectivity index (χ4n) is 4.11. The quantitative estimate of drug-likeness (QED) is 0.569. The van der Waals surface area contributed by atoms with Crippen LogP contribution in [-0.2, 0) is 24.3 Å². The van der Waals surface area contributed by atoms with Crippen LogP contribution >= 0.6 is 0 Å². The second-order valence-electron chi connectivity index (χ2n) is 7.90. The van der Waals surface area contributed by atoms with Crippen molar-refractivity contribution in [1.29, 1.82) is 0 Å². The van der Waals surface area contributed by atoms with Crippen molar-refractivity contribution in [3.63, 3.8) is 0 Å². The van der Waals surface area contributed by atoms with E-state index in [1.807, 2.05) is 0 Å². The molecule has 0 amide bonds. The number of ether oxygens (including phenoxy) is 2. The number of nitrogens with zero attached hydrogens (tertiary/aromatic N) is 3. The maximum absolute atomic E-state index is 14.0. The second kappa shape index (κ2) is 10.6. The van der Waals surface area contributed by atoms with E-state index in [1.54, 1.807) is 6.07 Å². The fraction of sp³-hybridized carbons (Fsp3) is 0.458. The molecule has 6 nitrogen and oxygen atoms in total. The summed E-state index contributed by atoms with van der Waals surface area (Å²) in [6.07, 6.45) is 0.628. The Morgan fingerprint density at radius 1 is 1.13 bits per heavy atom. The van der Waals surface area contributed by atoms with E-state index >= 15 is 0 Å². The zero-order valence-corrected chi connectivity index (χ0v) is 18.1. The summed E-state index contributed by atoms with van der Waals surface area (Å²) in [5, 5.41) is 3.41. The van der Waals surface area contributed by atoms with Crippen molar-refractivity contribution in [3.8, 4) is 5.75 Å². The lowest BCUT2D eigenvalue weighted by atomic mass is 10.1. The number of halogens is 1. The van der Waals surface area contributed by atoms with Crippen LogP contribution < -0.4 is 10.1 Å². The van der Waals surface area contributed by atoms with Gasteiger partial charge in [-0.25, -0.2) is 4.39 Å². The summed E-state index contributed by atoms with van der Waals surface area (Å²) in [7, 11) is 0. The van der Waals surface area contributed by atoms with Gasteiger partial charge in [0.15, 0.2) is 12.8 Å². The normalized spacial score (nSPS) is 17.2. The molecule has 2 aromatic carbocycles. The standard InChI is InChI=1S/C24H31FN4O2/c1-2-26-24(29-12-10-28(11-13-29)16-19-6-4-3-5-7-19)27-9-8-20-14-22(25)15-21-17-30-18-31-23(20)21/h3-7,14-15H,2,8-13,16-18H2,1H3,(H,26,27). The molecule has 0 bridgehead atoms. The Balaban J connectivity index is 1.34. The predicted octanol–water partition coefficient (Wildman–Crippen LogP) is 3.02. The van der Waals surface area contributed by atoms with Gasteiger partial charge >= 0.3 is 0 Å². The number of hydrogen-bond donors (Lipinski definition) is 1. The molecule has 0 aliphatic carbocycles. The summed E-state index contributed by atoms with van der Waals surface area (Å²) in [6, 6.07) is 13.6. The number of guanidine groups is 1. The molecule has 2 aliphatic rings. The van der Waals surface area contributed by atoms with Gasteiger partial charge in [-0.1, -0.05) is 30.3 Å².